The molecule has 32 heavy (non-hydrogen) atoms. The van der Waals surface area contributed by atoms with Crippen LogP contribution in [-0.2, 0) is 6.54 Å². The summed E-state index contributed by atoms with van der Waals surface area (Å²) in [6.07, 6.45) is 2.90. The maximum atomic E-state index is 12.6. The molecule has 0 spiro atoms. The summed E-state index contributed by atoms with van der Waals surface area (Å²) in [6, 6.07) is 8.16. The lowest BCUT2D eigenvalue weighted by atomic mass is 10.1. The van der Waals surface area contributed by atoms with Crippen LogP contribution >= 0.6 is 0 Å². The zero-order valence-electron chi connectivity index (χ0n) is 18.9. The molecule has 0 saturated heterocycles. The maximum Gasteiger partial charge on any atom is 0.273 e. The normalized spacial score (nSPS) is 11.0. The van der Waals surface area contributed by atoms with Crippen LogP contribution in [0.4, 0.5) is 11.6 Å². The van der Waals surface area contributed by atoms with Gasteiger partial charge in [-0.15, -0.1) is 0 Å². The van der Waals surface area contributed by atoms with Crippen molar-refractivity contribution in [2.45, 2.75) is 13.5 Å². The third-order valence-corrected chi connectivity index (χ3v) is 5.30. The second-order valence-electron chi connectivity index (χ2n) is 7.76. The van der Waals surface area contributed by atoms with Gasteiger partial charge in [0.2, 0.25) is 0 Å². The predicted octanol–water partition coefficient (Wildman–Crippen LogP) is 1.91. The number of anilines is 2. The average Bonchev–Trinajstić information content (AvgIpc) is 2.79. The van der Waals surface area contributed by atoms with Crippen LogP contribution < -0.4 is 16.0 Å². The average molecular weight is 435 g/mol. The van der Waals surface area contributed by atoms with Gasteiger partial charge in [0.15, 0.2) is 11.5 Å². The van der Waals surface area contributed by atoms with Gasteiger partial charge in [-0.3, -0.25) is 9.79 Å². The molecule has 2 heterocycles. The minimum absolute atomic E-state index is 0.103. The van der Waals surface area contributed by atoms with Crippen molar-refractivity contribution in [2.24, 2.45) is 4.99 Å². The number of nitrogens with one attached hydrogen (secondary N) is 1. The van der Waals surface area contributed by atoms with Gasteiger partial charge in [0.1, 0.15) is 5.82 Å². The molecule has 1 amide bonds. The van der Waals surface area contributed by atoms with Gasteiger partial charge in [-0.1, -0.05) is 18.2 Å². The van der Waals surface area contributed by atoms with Crippen molar-refractivity contribution >= 4 is 35.2 Å². The summed E-state index contributed by atoms with van der Waals surface area (Å²) in [4.78, 5) is 33.8. The summed E-state index contributed by atoms with van der Waals surface area (Å²) in [5.74, 6) is 0.561. The van der Waals surface area contributed by atoms with Crippen molar-refractivity contribution in [3.63, 3.8) is 0 Å². The zero-order valence-corrected chi connectivity index (χ0v) is 18.9. The first-order valence-corrected chi connectivity index (χ1v) is 10.5. The second-order valence-corrected chi connectivity index (χ2v) is 7.76. The van der Waals surface area contributed by atoms with Gasteiger partial charge in [-0.05, 0) is 32.3 Å². The number of likely N-dealkylation sites (N-methyl/N-ethyl adjacent to an activating group) is 2. The molecule has 1 aromatic carbocycles. The summed E-state index contributed by atoms with van der Waals surface area (Å²) < 4.78 is 0. The lowest BCUT2D eigenvalue weighted by molar-refractivity contribution is 0.0946. The number of hydrogen-bond donors (Lipinski definition) is 2. The van der Waals surface area contributed by atoms with Crippen molar-refractivity contribution in [3.8, 4) is 0 Å². The van der Waals surface area contributed by atoms with Crippen LogP contribution in [0.1, 0.15) is 21.6 Å². The molecule has 0 radical (unpaired) electrons. The Hall–Kier alpha value is -3.59. The Bertz CT molecular complexity index is 1100. The predicted molar refractivity (Wildman–Crippen MR) is 129 cm³/mol. The Morgan fingerprint density at radius 2 is 1.97 bits per heavy atom. The van der Waals surface area contributed by atoms with Gasteiger partial charge in [-0.2, -0.15) is 0 Å². The third-order valence-electron chi connectivity index (χ3n) is 5.30. The molecule has 168 valence electrons. The molecule has 0 aliphatic heterocycles. The quantitative estimate of drug-likeness (QED) is 0.469. The number of aliphatic imine (C=N–C) groups is 1. The van der Waals surface area contributed by atoms with E-state index in [0.29, 0.717) is 13.1 Å². The van der Waals surface area contributed by atoms with E-state index >= 15 is 0 Å². The van der Waals surface area contributed by atoms with E-state index in [1.165, 1.54) is 12.4 Å². The molecule has 3 N–H and O–H groups in total. The van der Waals surface area contributed by atoms with Gasteiger partial charge >= 0.3 is 0 Å². The number of hydrogen-bond acceptors (Lipinski definition) is 8. The van der Waals surface area contributed by atoms with Crippen molar-refractivity contribution in [2.75, 3.05) is 50.9 Å². The van der Waals surface area contributed by atoms with E-state index in [-0.39, 0.29) is 17.4 Å². The molecule has 9 nitrogen and oxygen atoms in total. The van der Waals surface area contributed by atoms with E-state index in [9.17, 15) is 4.79 Å². The van der Waals surface area contributed by atoms with Crippen LogP contribution in [0.2, 0.25) is 0 Å². The number of fused-ring (bicyclic) bond motifs is 1. The van der Waals surface area contributed by atoms with E-state index in [1.807, 2.05) is 32.2 Å². The summed E-state index contributed by atoms with van der Waals surface area (Å²) in [6.45, 7) is 9.06. The highest BCUT2D eigenvalue weighted by Crippen LogP contribution is 2.25. The van der Waals surface area contributed by atoms with Crippen LogP contribution in [0.3, 0.4) is 0 Å². The Kier molecular flexibility index (Phi) is 7.67. The van der Waals surface area contributed by atoms with E-state index in [2.05, 4.69) is 49.9 Å². The maximum absolute atomic E-state index is 12.6. The minimum Gasteiger partial charge on any atom is -0.382 e. The lowest BCUT2D eigenvalue weighted by Crippen LogP contribution is -2.33. The van der Waals surface area contributed by atoms with Crippen LogP contribution in [0.15, 0.2) is 41.7 Å². The molecule has 0 saturated carbocycles. The fraction of sp³-hybridized carbons (Fsp3) is 0.348. The van der Waals surface area contributed by atoms with Crippen LogP contribution in [-0.4, -0.2) is 72.8 Å². The van der Waals surface area contributed by atoms with Gasteiger partial charge in [0.05, 0.1) is 12.1 Å². The van der Waals surface area contributed by atoms with Gasteiger partial charge in [0.25, 0.3) is 5.91 Å². The number of carbonyl (C=O) groups is 1. The Morgan fingerprint density at radius 3 is 2.72 bits per heavy atom. The van der Waals surface area contributed by atoms with Crippen molar-refractivity contribution in [3.05, 3.63) is 53.5 Å². The molecule has 3 aromatic rings. The Labute approximate surface area is 188 Å². The number of aromatic nitrogens is 3. The zero-order chi connectivity index (χ0) is 23.1. The fourth-order valence-corrected chi connectivity index (χ4v) is 3.40. The molecule has 0 unspecified atom stereocenters. The smallest absolute Gasteiger partial charge is 0.273 e. The topological polar surface area (TPSA) is 113 Å². The largest absolute Gasteiger partial charge is 0.382 e. The number of aryl methyl sites for hydroxylation is 1. The minimum atomic E-state index is -0.370. The second kappa shape index (κ2) is 10.6. The number of nitrogens with two attached hydrogens (primary N) is 1. The number of nitrogen functional groups attached to an aromatic ring is 1. The van der Waals surface area contributed by atoms with E-state index < -0.39 is 0 Å². The van der Waals surface area contributed by atoms with Crippen molar-refractivity contribution < 1.29 is 4.79 Å². The first-order chi connectivity index (χ1) is 15.4. The SMILES string of the molecule is C=NCCN(C)CCN(C)c1nc2c(C)cccc2cc1CNC(=O)c1nccnc1N. The Balaban J connectivity index is 1.84. The summed E-state index contributed by atoms with van der Waals surface area (Å²) >= 11 is 0. The summed E-state index contributed by atoms with van der Waals surface area (Å²) in [5, 5.41) is 3.93. The van der Waals surface area contributed by atoms with E-state index in [1.54, 1.807) is 0 Å². The van der Waals surface area contributed by atoms with Crippen LogP contribution in [0.5, 0.6) is 0 Å². The highest BCUT2D eigenvalue weighted by Gasteiger charge is 2.16. The molecule has 3 rings (SSSR count). The lowest BCUT2D eigenvalue weighted by Gasteiger charge is -2.25. The fourth-order valence-electron chi connectivity index (χ4n) is 3.40. The summed E-state index contributed by atoms with van der Waals surface area (Å²) in [7, 11) is 4.07. The van der Waals surface area contributed by atoms with Crippen molar-refractivity contribution in [1.82, 2.24) is 25.2 Å². The standard InChI is InChI=1S/C23H30N8O/c1-16-6-5-7-17-14-18(15-28-23(32)20-21(24)27-9-8-26-20)22(29-19(16)17)31(4)13-12-30(3)11-10-25-2/h5-9,14H,2,10-13,15H2,1,3-4H3,(H2,24,27)(H,28,32). The van der Waals surface area contributed by atoms with Gasteiger partial charge < -0.3 is 20.9 Å². The molecule has 0 aliphatic rings. The molecular weight excluding hydrogens is 404 g/mol. The van der Waals surface area contributed by atoms with E-state index in [4.69, 9.17) is 10.7 Å². The third kappa shape index (κ3) is 5.55. The highest BCUT2D eigenvalue weighted by atomic mass is 16.1. The number of benzene rings is 1. The first kappa shape index (κ1) is 23.1. The Morgan fingerprint density at radius 1 is 1.19 bits per heavy atom. The molecule has 0 fully saturated rings. The highest BCUT2D eigenvalue weighted by molar-refractivity contribution is 5.96. The number of carbonyl (C=O) groups excluding carboxylic acids is 1. The van der Waals surface area contributed by atoms with E-state index in [0.717, 1.165) is 47.5 Å². The first-order valence-electron chi connectivity index (χ1n) is 10.5. The monoisotopic (exact) mass is 434 g/mol. The van der Waals surface area contributed by atoms with Crippen molar-refractivity contribution in [1.29, 1.82) is 0 Å². The number of para-hydroxylation sites is 1. The number of rotatable bonds is 10. The van der Waals surface area contributed by atoms with Crippen LogP contribution in [0.25, 0.3) is 10.9 Å². The molecule has 0 aliphatic carbocycles. The van der Waals surface area contributed by atoms with Crippen LogP contribution in [0, 0.1) is 6.92 Å². The molecule has 9 heteroatoms. The molecule has 0 bridgehead atoms. The summed E-state index contributed by atoms with van der Waals surface area (Å²) in [5.41, 5.74) is 8.88. The van der Waals surface area contributed by atoms with Gasteiger partial charge in [0, 0.05) is 56.6 Å². The molecular formula is C23H30N8O. The number of amides is 1. The number of pyridine rings is 1. The van der Waals surface area contributed by atoms with Gasteiger partial charge in [-0.25, -0.2) is 15.0 Å². The number of nitrogens with zero attached hydrogens (tertiary/aromatic N) is 6. The molecule has 2 aromatic heterocycles. The molecule has 0 atom stereocenters.